The van der Waals surface area contributed by atoms with Crippen molar-refractivity contribution in [1.29, 1.82) is 0 Å². The summed E-state index contributed by atoms with van der Waals surface area (Å²) in [7, 11) is 2.34. The molecule has 36 heavy (non-hydrogen) atoms. The number of thioether (sulfide) groups is 1. The highest BCUT2D eigenvalue weighted by atomic mass is 79.9. The molecule has 0 unspecified atom stereocenters. The van der Waals surface area contributed by atoms with Crippen LogP contribution in [0, 0.1) is 0 Å². The average Bonchev–Trinajstić information content (AvgIpc) is 3.13. The number of nitrogens with zero attached hydrogens (tertiary/aromatic N) is 3. The van der Waals surface area contributed by atoms with Crippen LogP contribution in [0.4, 0.5) is 5.69 Å². The van der Waals surface area contributed by atoms with Crippen molar-refractivity contribution >= 4 is 44.5 Å². The quantitative estimate of drug-likeness (QED) is 0.155. The second-order valence-corrected chi connectivity index (χ2v) is 12.4. The van der Waals surface area contributed by atoms with E-state index in [4.69, 9.17) is 0 Å². The number of aryl methyl sites for hydroxylation is 1. The Morgan fingerprint density at radius 3 is 2.44 bits per heavy atom. The Morgan fingerprint density at radius 1 is 1.00 bits per heavy atom. The number of pyridine rings is 1. The van der Waals surface area contributed by atoms with Crippen LogP contribution in [-0.4, -0.2) is 57.4 Å². The molecule has 3 aromatic rings. The Bertz CT molecular complexity index is 1340. The number of halogens is 1. The van der Waals surface area contributed by atoms with Crippen LogP contribution in [0.15, 0.2) is 70.7 Å². The van der Waals surface area contributed by atoms with Gasteiger partial charge in [-0.3, -0.25) is 0 Å². The molecule has 2 heterocycles. The lowest BCUT2D eigenvalue weighted by Gasteiger charge is -2.29. The summed E-state index contributed by atoms with van der Waals surface area (Å²) in [4.78, 5) is 3.54. The summed E-state index contributed by atoms with van der Waals surface area (Å²) in [5.74, 6) is -0.266. The van der Waals surface area contributed by atoms with Gasteiger partial charge in [-0.15, -0.1) is 0 Å². The lowest BCUT2D eigenvalue weighted by Crippen LogP contribution is -3.00. The smallest absolute Gasteiger partial charge is 0.213 e. The second kappa shape index (κ2) is 12.1. The lowest BCUT2D eigenvalue weighted by molar-refractivity contribution is -0.892. The molecule has 0 aliphatic carbocycles. The number of aromatic nitrogens is 1. The van der Waals surface area contributed by atoms with Crippen LogP contribution in [0.2, 0.25) is 0 Å². The molecular formula is C27H34BrN3O3S2. The Balaban J connectivity index is 0.00000361. The monoisotopic (exact) mass is 591 g/mol. The molecule has 0 N–H and O–H groups in total. The zero-order valence-corrected chi connectivity index (χ0v) is 24.3. The summed E-state index contributed by atoms with van der Waals surface area (Å²) in [5.41, 5.74) is 3.67. The minimum Gasteiger partial charge on any atom is -1.00 e. The van der Waals surface area contributed by atoms with Crippen LogP contribution in [-0.2, 0) is 16.7 Å². The van der Waals surface area contributed by atoms with Crippen LogP contribution in [0.25, 0.3) is 17.0 Å². The number of fused-ring (bicyclic) bond motifs is 2. The summed E-state index contributed by atoms with van der Waals surface area (Å²) in [6, 6.07) is 19.2. The molecule has 4 rings (SSSR count). The Morgan fingerprint density at radius 2 is 1.69 bits per heavy atom. The highest BCUT2D eigenvalue weighted by molar-refractivity contribution is 8.03. The number of quaternary nitrogens is 1. The average molecular weight is 593 g/mol. The Labute approximate surface area is 229 Å². The molecule has 9 heteroatoms. The van der Waals surface area contributed by atoms with E-state index in [0.717, 1.165) is 37.0 Å². The molecule has 0 saturated carbocycles. The minimum atomic E-state index is -4.11. The standard InChI is InChI=1S/C27H34N3O3S2.BrH/c1-28-25-13-6-7-14-26(25)34-27(28)21-22-15-17-29(24-12-5-4-11-23(22)24)16-10-19-30(2,3)18-8-9-20-35(31,32)33;/h4-7,11-15,17,21H,8-10,16,18-20H2,1-3H3;1H/q+1;/p-1. The predicted molar refractivity (Wildman–Crippen MR) is 143 cm³/mol. The van der Waals surface area contributed by atoms with Gasteiger partial charge in [0.25, 0.3) is 0 Å². The van der Waals surface area contributed by atoms with Crippen molar-refractivity contribution in [1.82, 2.24) is 0 Å². The number of anilines is 1. The van der Waals surface area contributed by atoms with Gasteiger partial charge in [0, 0.05) is 29.8 Å². The summed E-state index contributed by atoms with van der Waals surface area (Å²) in [6.07, 6.45) is 6.64. The van der Waals surface area contributed by atoms with E-state index in [1.807, 2.05) is 0 Å². The van der Waals surface area contributed by atoms with E-state index >= 15 is 0 Å². The van der Waals surface area contributed by atoms with Crippen LogP contribution >= 0.6 is 11.8 Å². The van der Waals surface area contributed by atoms with Gasteiger partial charge in [-0.2, -0.15) is 4.57 Å². The molecular weight excluding hydrogens is 558 g/mol. The molecule has 6 nitrogen and oxygen atoms in total. The van der Waals surface area contributed by atoms with Crippen molar-refractivity contribution in [2.24, 2.45) is 0 Å². The zero-order valence-electron chi connectivity index (χ0n) is 21.1. The molecule has 0 amide bonds. The molecule has 1 aliphatic heterocycles. The van der Waals surface area contributed by atoms with Gasteiger partial charge in [-0.1, -0.05) is 36.0 Å². The molecule has 0 radical (unpaired) electrons. The van der Waals surface area contributed by atoms with Crippen molar-refractivity contribution in [3.05, 3.63) is 71.4 Å². The minimum absolute atomic E-state index is 0. The van der Waals surface area contributed by atoms with E-state index in [2.05, 4.69) is 97.5 Å². The van der Waals surface area contributed by atoms with E-state index in [1.165, 1.54) is 32.1 Å². The van der Waals surface area contributed by atoms with Crippen molar-refractivity contribution in [2.45, 2.75) is 30.7 Å². The molecule has 1 aliphatic rings. The fourth-order valence-electron chi connectivity index (χ4n) is 4.61. The highest BCUT2D eigenvalue weighted by Gasteiger charge is 2.22. The number of para-hydroxylation sites is 2. The SMILES string of the molecule is CN1C(=Cc2cc[n+](CCC[N+](C)(C)CCCCS(=O)(=O)[O-])c3ccccc23)Sc2ccccc21.[Br-]. The van der Waals surface area contributed by atoms with Crippen LogP contribution < -0.4 is 26.4 Å². The maximum Gasteiger partial charge on any atom is 0.213 e. The van der Waals surface area contributed by atoms with E-state index in [0.29, 0.717) is 6.42 Å². The topological polar surface area (TPSA) is 64.3 Å². The summed E-state index contributed by atoms with van der Waals surface area (Å²) in [6.45, 7) is 2.76. The van der Waals surface area contributed by atoms with Gasteiger partial charge < -0.3 is 30.9 Å². The first-order valence-electron chi connectivity index (χ1n) is 12.0. The molecule has 194 valence electrons. The Kier molecular flexibility index (Phi) is 9.62. The fraction of sp³-hybridized carbons (Fsp3) is 0.370. The molecule has 0 bridgehead atoms. The van der Waals surface area contributed by atoms with Crippen molar-refractivity contribution in [2.75, 3.05) is 44.9 Å². The molecule has 0 saturated heterocycles. The van der Waals surface area contributed by atoms with Crippen molar-refractivity contribution < 1.29 is 39.0 Å². The summed E-state index contributed by atoms with van der Waals surface area (Å²) >= 11 is 1.81. The molecule has 0 spiro atoms. The van der Waals surface area contributed by atoms with Gasteiger partial charge in [0.2, 0.25) is 5.52 Å². The molecule has 2 aromatic carbocycles. The van der Waals surface area contributed by atoms with Gasteiger partial charge in [-0.05, 0) is 42.7 Å². The maximum atomic E-state index is 10.8. The fourth-order valence-corrected chi connectivity index (χ4v) is 6.27. The van der Waals surface area contributed by atoms with Gasteiger partial charge in [0.05, 0.1) is 59.8 Å². The van der Waals surface area contributed by atoms with Gasteiger partial charge in [0.15, 0.2) is 12.7 Å². The van der Waals surface area contributed by atoms with Gasteiger partial charge >= 0.3 is 0 Å². The first-order chi connectivity index (χ1) is 16.6. The van der Waals surface area contributed by atoms with E-state index in [9.17, 15) is 13.0 Å². The largest absolute Gasteiger partial charge is 1.00 e. The first kappa shape index (κ1) is 28.7. The maximum absolute atomic E-state index is 10.8. The van der Waals surface area contributed by atoms with E-state index in [1.54, 1.807) is 11.8 Å². The first-order valence-corrected chi connectivity index (χ1v) is 14.4. The molecule has 0 fully saturated rings. The Hall–Kier alpha value is -1.91. The molecule has 0 atom stereocenters. The lowest BCUT2D eigenvalue weighted by atomic mass is 10.1. The van der Waals surface area contributed by atoms with Gasteiger partial charge in [-0.25, -0.2) is 8.42 Å². The third-order valence-electron chi connectivity index (χ3n) is 6.58. The van der Waals surface area contributed by atoms with Gasteiger partial charge in [0.1, 0.15) is 0 Å². The third kappa shape index (κ3) is 7.32. The number of hydrogen-bond donors (Lipinski definition) is 0. The predicted octanol–water partition coefficient (Wildman–Crippen LogP) is 1.46. The number of unbranched alkanes of at least 4 members (excludes halogenated alkanes) is 1. The van der Waals surface area contributed by atoms with Crippen LogP contribution in [0.1, 0.15) is 24.8 Å². The van der Waals surface area contributed by atoms with Crippen LogP contribution in [0.3, 0.4) is 0 Å². The number of rotatable bonds is 10. The van der Waals surface area contributed by atoms with Crippen molar-refractivity contribution in [3.8, 4) is 0 Å². The van der Waals surface area contributed by atoms with Crippen LogP contribution in [0.5, 0.6) is 0 Å². The number of benzene rings is 2. The summed E-state index contributed by atoms with van der Waals surface area (Å²) in [5, 5.41) is 2.46. The highest BCUT2D eigenvalue weighted by Crippen LogP contribution is 2.45. The molecule has 1 aromatic heterocycles. The van der Waals surface area contributed by atoms with E-state index in [-0.39, 0.29) is 22.7 Å². The third-order valence-corrected chi connectivity index (χ3v) is 8.53. The number of hydrogen-bond acceptors (Lipinski definition) is 5. The zero-order chi connectivity index (χ0) is 25.1. The van der Waals surface area contributed by atoms with Crippen molar-refractivity contribution in [3.63, 3.8) is 0 Å². The normalized spacial score (nSPS) is 14.8. The van der Waals surface area contributed by atoms with E-state index < -0.39 is 10.1 Å². The summed E-state index contributed by atoms with van der Waals surface area (Å²) < 4.78 is 35.6. The second-order valence-electron chi connectivity index (χ2n) is 9.80.